The number of anilines is 3. The molecule has 1 aliphatic heterocycles. The van der Waals surface area contributed by atoms with Gasteiger partial charge in [0.1, 0.15) is 0 Å². The van der Waals surface area contributed by atoms with Crippen molar-refractivity contribution >= 4 is 23.4 Å². The molecule has 1 aromatic carbocycles. The van der Waals surface area contributed by atoms with Crippen molar-refractivity contribution in [3.63, 3.8) is 0 Å². The molecule has 5 rings (SSSR count). The number of hydrogen-bond donors (Lipinski definition) is 3. The molecule has 3 fully saturated rings. The summed E-state index contributed by atoms with van der Waals surface area (Å²) in [5.41, 5.74) is 7.78. The van der Waals surface area contributed by atoms with Gasteiger partial charge in [0, 0.05) is 17.8 Å². The van der Waals surface area contributed by atoms with Crippen LogP contribution in [0.2, 0.25) is 0 Å². The Morgan fingerprint density at radius 3 is 2.32 bits per heavy atom. The summed E-state index contributed by atoms with van der Waals surface area (Å²) in [7, 11) is 0. The van der Waals surface area contributed by atoms with Crippen molar-refractivity contribution < 1.29 is 4.79 Å². The number of carbonyl (C=O) groups excluding carboxylic acids is 1. The maximum atomic E-state index is 11.6. The second kappa shape index (κ2) is 8.78. The first-order valence-electron chi connectivity index (χ1n) is 11.6. The first-order chi connectivity index (χ1) is 15.2. The highest BCUT2D eigenvalue weighted by molar-refractivity contribution is 5.95. The van der Waals surface area contributed by atoms with Crippen LogP contribution in [0.15, 0.2) is 24.3 Å². The van der Waals surface area contributed by atoms with Crippen LogP contribution in [0, 0.1) is 0 Å². The van der Waals surface area contributed by atoms with Crippen LogP contribution in [0.4, 0.5) is 17.5 Å². The van der Waals surface area contributed by atoms with Gasteiger partial charge in [0.25, 0.3) is 5.91 Å². The Bertz CT molecular complexity index is 914. The van der Waals surface area contributed by atoms with E-state index in [-0.39, 0.29) is 5.69 Å². The van der Waals surface area contributed by atoms with Crippen LogP contribution in [0.25, 0.3) is 0 Å². The van der Waals surface area contributed by atoms with Gasteiger partial charge < -0.3 is 21.3 Å². The van der Waals surface area contributed by atoms with Crippen LogP contribution in [-0.4, -0.2) is 51.2 Å². The summed E-state index contributed by atoms with van der Waals surface area (Å²) < 4.78 is 0. The number of amides is 1. The number of piperidine rings is 1. The fraction of sp³-hybridized carbons (Fsp3) is 0.565. The Morgan fingerprint density at radius 1 is 0.968 bits per heavy atom. The summed E-state index contributed by atoms with van der Waals surface area (Å²) in [6.45, 7) is 2.44. The van der Waals surface area contributed by atoms with Gasteiger partial charge in [-0.2, -0.15) is 4.98 Å². The first kappa shape index (κ1) is 20.2. The van der Waals surface area contributed by atoms with Gasteiger partial charge in [-0.05, 0) is 75.2 Å². The Kier molecular flexibility index (Phi) is 5.72. The van der Waals surface area contributed by atoms with Crippen molar-refractivity contribution in [2.45, 2.75) is 69.4 Å². The lowest BCUT2D eigenvalue weighted by Gasteiger charge is -2.36. The molecule has 8 heteroatoms. The number of benzene rings is 1. The van der Waals surface area contributed by atoms with Crippen LogP contribution in [0.1, 0.15) is 73.3 Å². The van der Waals surface area contributed by atoms with Gasteiger partial charge in [-0.1, -0.05) is 25.0 Å². The van der Waals surface area contributed by atoms with Gasteiger partial charge in [-0.25, -0.2) is 0 Å². The summed E-state index contributed by atoms with van der Waals surface area (Å²) in [4.78, 5) is 18.7. The van der Waals surface area contributed by atoms with E-state index in [1.165, 1.54) is 57.2 Å². The van der Waals surface area contributed by atoms with Gasteiger partial charge in [0.15, 0.2) is 11.5 Å². The third-order valence-corrected chi connectivity index (χ3v) is 6.85. The minimum absolute atomic E-state index is 0.0803. The standard InChI is InChI=1S/C23H31N7O/c24-21(31)20-22(25-17-9-10-17)27-23(29-28-20)26-18-7-5-15(6-8-18)16-11-13-30(14-12-16)19-3-1-2-4-19/h5-8,16-17,19H,1-4,9-14H2,(H2,24,31)(H2,25,26,27,29). The van der Waals surface area contributed by atoms with Crippen molar-refractivity contribution in [2.24, 2.45) is 5.73 Å². The largest absolute Gasteiger partial charge is 0.365 e. The van der Waals surface area contributed by atoms with E-state index in [9.17, 15) is 4.79 Å². The van der Waals surface area contributed by atoms with E-state index in [1.54, 1.807) is 0 Å². The van der Waals surface area contributed by atoms with Gasteiger partial charge in [-0.15, -0.1) is 10.2 Å². The fourth-order valence-electron chi connectivity index (χ4n) is 4.90. The molecule has 1 amide bonds. The van der Waals surface area contributed by atoms with Crippen LogP contribution < -0.4 is 16.4 Å². The van der Waals surface area contributed by atoms with E-state index in [1.807, 2.05) is 0 Å². The molecule has 0 atom stereocenters. The van der Waals surface area contributed by atoms with E-state index in [0.29, 0.717) is 23.7 Å². The molecule has 2 aromatic rings. The lowest BCUT2D eigenvalue weighted by atomic mass is 9.88. The molecular weight excluding hydrogens is 390 g/mol. The predicted octanol–water partition coefficient (Wildman–Crippen LogP) is 3.41. The third kappa shape index (κ3) is 4.79. The van der Waals surface area contributed by atoms with Crippen LogP contribution in [0.5, 0.6) is 0 Å². The number of carbonyl (C=O) groups is 1. The molecule has 3 aliphatic rings. The van der Waals surface area contributed by atoms with E-state index in [0.717, 1.165) is 24.6 Å². The molecule has 0 spiro atoms. The number of likely N-dealkylation sites (tertiary alicyclic amines) is 1. The topological polar surface area (TPSA) is 109 Å². The molecular formula is C23H31N7O. The van der Waals surface area contributed by atoms with Gasteiger partial charge in [0.2, 0.25) is 5.95 Å². The molecule has 31 heavy (non-hydrogen) atoms. The zero-order valence-corrected chi connectivity index (χ0v) is 17.9. The van der Waals surface area contributed by atoms with Crippen LogP contribution in [0.3, 0.4) is 0 Å². The van der Waals surface area contributed by atoms with Crippen LogP contribution in [-0.2, 0) is 0 Å². The molecule has 2 saturated carbocycles. The highest BCUT2D eigenvalue weighted by Crippen LogP contribution is 2.33. The normalized spacial score (nSPS) is 20.6. The number of primary amides is 1. The number of aromatic nitrogens is 3. The maximum Gasteiger partial charge on any atom is 0.273 e. The van der Waals surface area contributed by atoms with E-state index in [4.69, 9.17) is 5.73 Å². The van der Waals surface area contributed by atoms with Gasteiger partial charge in [-0.3, -0.25) is 4.79 Å². The number of nitrogens with two attached hydrogens (primary N) is 1. The molecule has 1 saturated heterocycles. The zero-order valence-electron chi connectivity index (χ0n) is 17.9. The second-order valence-electron chi connectivity index (χ2n) is 9.11. The molecule has 4 N–H and O–H groups in total. The molecule has 1 aromatic heterocycles. The van der Waals surface area contributed by atoms with Crippen molar-refractivity contribution in [1.29, 1.82) is 0 Å². The molecule has 8 nitrogen and oxygen atoms in total. The average Bonchev–Trinajstić information content (AvgIpc) is 3.43. The summed E-state index contributed by atoms with van der Waals surface area (Å²) in [6, 6.07) is 9.71. The number of rotatable bonds is 7. The van der Waals surface area contributed by atoms with E-state index < -0.39 is 5.91 Å². The predicted molar refractivity (Wildman–Crippen MR) is 121 cm³/mol. The highest BCUT2D eigenvalue weighted by Gasteiger charge is 2.28. The average molecular weight is 422 g/mol. The number of nitrogens with zero attached hydrogens (tertiary/aromatic N) is 4. The Labute approximate surface area is 183 Å². The Morgan fingerprint density at radius 2 is 1.68 bits per heavy atom. The van der Waals surface area contributed by atoms with Crippen molar-refractivity contribution in [3.8, 4) is 0 Å². The highest BCUT2D eigenvalue weighted by atomic mass is 16.1. The van der Waals surface area contributed by atoms with Crippen molar-refractivity contribution in [2.75, 3.05) is 23.7 Å². The molecule has 2 aliphatic carbocycles. The maximum absolute atomic E-state index is 11.6. The van der Waals surface area contributed by atoms with Crippen molar-refractivity contribution in [3.05, 3.63) is 35.5 Å². The molecule has 0 bridgehead atoms. The summed E-state index contributed by atoms with van der Waals surface area (Å²) >= 11 is 0. The number of nitrogens with one attached hydrogen (secondary N) is 2. The quantitative estimate of drug-likeness (QED) is 0.628. The monoisotopic (exact) mass is 421 g/mol. The second-order valence-corrected chi connectivity index (χ2v) is 9.11. The molecule has 164 valence electrons. The fourth-order valence-corrected chi connectivity index (χ4v) is 4.90. The van der Waals surface area contributed by atoms with Crippen LogP contribution >= 0.6 is 0 Å². The van der Waals surface area contributed by atoms with E-state index in [2.05, 4.69) is 55.0 Å². The minimum atomic E-state index is -0.627. The summed E-state index contributed by atoms with van der Waals surface area (Å²) in [6.07, 6.45) is 10.2. The SMILES string of the molecule is NC(=O)c1nnc(Nc2ccc(C3CCN(C4CCCC4)CC3)cc2)nc1NC1CC1. The molecule has 0 radical (unpaired) electrons. The smallest absolute Gasteiger partial charge is 0.273 e. The molecule has 2 heterocycles. The van der Waals surface area contributed by atoms with Crippen molar-refractivity contribution in [1.82, 2.24) is 20.1 Å². The number of hydrogen-bond acceptors (Lipinski definition) is 7. The molecule has 0 unspecified atom stereocenters. The van der Waals surface area contributed by atoms with E-state index >= 15 is 0 Å². The third-order valence-electron chi connectivity index (χ3n) is 6.85. The zero-order chi connectivity index (χ0) is 21.2. The van der Waals surface area contributed by atoms with Gasteiger partial charge in [0.05, 0.1) is 0 Å². The first-order valence-corrected chi connectivity index (χ1v) is 11.6. The Balaban J connectivity index is 1.21. The lowest BCUT2D eigenvalue weighted by molar-refractivity contribution is 0.0995. The summed E-state index contributed by atoms with van der Waals surface area (Å²) in [5, 5.41) is 14.4. The lowest BCUT2D eigenvalue weighted by Crippen LogP contribution is -2.39. The Hall–Kier alpha value is -2.74. The minimum Gasteiger partial charge on any atom is -0.365 e. The van der Waals surface area contributed by atoms with Gasteiger partial charge >= 0.3 is 0 Å². The summed E-state index contributed by atoms with van der Waals surface area (Å²) in [5.74, 6) is 0.760.